The Morgan fingerprint density at radius 2 is 1.61 bits per heavy atom. The Kier molecular flexibility index (Phi) is 9.54. The average molecular weight is 463 g/mol. The summed E-state index contributed by atoms with van der Waals surface area (Å²) in [6, 6.07) is -2.95. The number of nitrogens with two attached hydrogens (primary N) is 1. The predicted molar refractivity (Wildman–Crippen MR) is 117 cm³/mol. The van der Waals surface area contributed by atoms with E-state index in [2.05, 4.69) is 35.9 Å². The molecule has 0 fully saturated rings. The molecule has 180 valence electrons. The zero-order valence-corrected chi connectivity index (χ0v) is 18.5. The van der Waals surface area contributed by atoms with E-state index in [9.17, 15) is 19.2 Å². The molecule has 33 heavy (non-hydrogen) atoms. The van der Waals surface area contributed by atoms with E-state index in [4.69, 9.17) is 10.8 Å². The number of amides is 3. The van der Waals surface area contributed by atoms with Crippen LogP contribution in [0.2, 0.25) is 0 Å². The zero-order valence-electron chi connectivity index (χ0n) is 18.5. The second-order valence-corrected chi connectivity index (χ2v) is 7.71. The molecule has 13 heteroatoms. The van der Waals surface area contributed by atoms with Crippen molar-refractivity contribution < 1.29 is 24.3 Å². The van der Waals surface area contributed by atoms with E-state index < -0.39 is 48.4 Å². The number of carbonyl (C=O) groups is 4. The molecule has 13 nitrogen and oxygen atoms in total. The number of hydrogen-bond acceptors (Lipinski definition) is 7. The van der Waals surface area contributed by atoms with E-state index >= 15 is 0 Å². The van der Waals surface area contributed by atoms with Crippen molar-refractivity contribution in [1.29, 1.82) is 0 Å². The first kappa shape index (κ1) is 25.5. The number of H-pyrrole nitrogens is 2. The second kappa shape index (κ2) is 12.3. The van der Waals surface area contributed by atoms with Gasteiger partial charge in [-0.25, -0.2) is 9.97 Å². The molecule has 0 aromatic carbocycles. The Labute approximate surface area is 190 Å². The van der Waals surface area contributed by atoms with Crippen molar-refractivity contribution in [1.82, 2.24) is 35.9 Å². The molecule has 0 saturated carbocycles. The number of nitrogens with one attached hydrogen (secondary N) is 5. The van der Waals surface area contributed by atoms with Gasteiger partial charge in [-0.1, -0.05) is 20.3 Å². The number of imidazole rings is 2. The van der Waals surface area contributed by atoms with Gasteiger partial charge in [-0.3, -0.25) is 19.2 Å². The summed E-state index contributed by atoms with van der Waals surface area (Å²) >= 11 is 0. The van der Waals surface area contributed by atoms with Crippen LogP contribution in [0.3, 0.4) is 0 Å². The lowest BCUT2D eigenvalue weighted by molar-refractivity contribution is -0.138. The van der Waals surface area contributed by atoms with Gasteiger partial charge in [0, 0.05) is 36.6 Å². The molecule has 3 amide bonds. The number of aliphatic carboxylic acids is 1. The van der Waals surface area contributed by atoms with Crippen LogP contribution >= 0.6 is 0 Å². The highest BCUT2D eigenvalue weighted by Gasteiger charge is 2.31. The second-order valence-electron chi connectivity index (χ2n) is 7.71. The fraction of sp³-hybridized carbons (Fsp3) is 0.500. The molecular weight excluding hydrogens is 432 g/mol. The third kappa shape index (κ3) is 8.03. The van der Waals surface area contributed by atoms with Crippen molar-refractivity contribution in [2.45, 2.75) is 51.2 Å². The van der Waals surface area contributed by atoms with Gasteiger partial charge < -0.3 is 36.8 Å². The van der Waals surface area contributed by atoms with Gasteiger partial charge in [0.1, 0.15) is 18.6 Å². The van der Waals surface area contributed by atoms with Gasteiger partial charge in [0.25, 0.3) is 0 Å². The Hall–Kier alpha value is -3.74. The van der Waals surface area contributed by atoms with Crippen LogP contribution in [0, 0.1) is 5.92 Å². The quantitative estimate of drug-likeness (QED) is 0.185. The van der Waals surface area contributed by atoms with Crippen LogP contribution in [0.1, 0.15) is 31.7 Å². The molecule has 2 rings (SSSR count). The SMILES string of the molecule is CCC(C)C(NC(=O)C(N)Cc1cnc[nH]1)C(=O)NC(Cc1cnc[nH]1)C(=O)NCC(=O)O. The van der Waals surface area contributed by atoms with Gasteiger partial charge in [0.15, 0.2) is 0 Å². The maximum absolute atomic E-state index is 13.1. The number of rotatable bonds is 13. The fourth-order valence-electron chi connectivity index (χ4n) is 3.06. The fourth-order valence-corrected chi connectivity index (χ4v) is 3.06. The van der Waals surface area contributed by atoms with Crippen LogP contribution in [-0.4, -0.2) is 73.4 Å². The van der Waals surface area contributed by atoms with Crippen LogP contribution in [0.15, 0.2) is 25.0 Å². The molecule has 0 spiro atoms. The molecule has 4 atom stereocenters. The van der Waals surface area contributed by atoms with Crippen LogP contribution in [0.25, 0.3) is 0 Å². The molecule has 0 bridgehead atoms. The van der Waals surface area contributed by atoms with Crippen molar-refractivity contribution in [3.05, 3.63) is 36.4 Å². The van der Waals surface area contributed by atoms with Crippen molar-refractivity contribution in [2.75, 3.05) is 6.54 Å². The highest BCUT2D eigenvalue weighted by molar-refractivity contribution is 5.94. The largest absolute Gasteiger partial charge is 0.480 e. The van der Waals surface area contributed by atoms with E-state index in [0.717, 1.165) is 0 Å². The molecule has 0 aliphatic rings. The Balaban J connectivity index is 2.10. The summed E-state index contributed by atoms with van der Waals surface area (Å²) in [5, 5.41) is 16.4. The molecule has 0 radical (unpaired) electrons. The Morgan fingerprint density at radius 3 is 2.12 bits per heavy atom. The lowest BCUT2D eigenvalue weighted by Crippen LogP contribution is -2.58. The monoisotopic (exact) mass is 462 g/mol. The predicted octanol–water partition coefficient (Wildman–Crippen LogP) is -1.54. The van der Waals surface area contributed by atoms with Gasteiger partial charge in [0.05, 0.1) is 18.7 Å². The topological polar surface area (TPSA) is 208 Å². The number of aromatic nitrogens is 4. The smallest absolute Gasteiger partial charge is 0.322 e. The van der Waals surface area contributed by atoms with Crippen molar-refractivity contribution in [2.24, 2.45) is 11.7 Å². The highest BCUT2D eigenvalue weighted by atomic mass is 16.4. The summed E-state index contributed by atoms with van der Waals surface area (Å²) in [7, 11) is 0. The molecule has 2 aromatic rings. The number of aromatic amines is 2. The average Bonchev–Trinajstić information content (AvgIpc) is 3.48. The molecule has 4 unspecified atom stereocenters. The van der Waals surface area contributed by atoms with Gasteiger partial charge in [-0.2, -0.15) is 0 Å². The summed E-state index contributed by atoms with van der Waals surface area (Å²) in [5.74, 6) is -3.26. The molecule has 0 saturated heterocycles. The van der Waals surface area contributed by atoms with Gasteiger partial charge in [0.2, 0.25) is 17.7 Å². The van der Waals surface area contributed by atoms with Gasteiger partial charge in [-0.05, 0) is 5.92 Å². The van der Waals surface area contributed by atoms with Crippen LogP contribution < -0.4 is 21.7 Å². The maximum Gasteiger partial charge on any atom is 0.322 e. The maximum atomic E-state index is 13.1. The molecular formula is C20H30N8O5. The Bertz CT molecular complexity index is 915. The first-order valence-electron chi connectivity index (χ1n) is 10.5. The standard InChI is InChI=1S/C20H30N8O5/c1-3-11(2)17(28-18(31)14(21)4-12-6-22-9-25-12)20(33)27-15(5-13-7-23-10-26-13)19(32)24-8-16(29)30/h6-7,9-11,14-15,17H,3-5,8,21H2,1-2H3,(H,22,25)(H,23,26)(H,24,32)(H,27,33)(H,28,31)(H,29,30). The highest BCUT2D eigenvalue weighted by Crippen LogP contribution is 2.10. The van der Waals surface area contributed by atoms with E-state index in [1.165, 1.54) is 18.9 Å². The summed E-state index contributed by atoms with van der Waals surface area (Å²) in [5.41, 5.74) is 7.23. The van der Waals surface area contributed by atoms with E-state index in [-0.39, 0.29) is 18.8 Å². The van der Waals surface area contributed by atoms with Crippen LogP contribution in [-0.2, 0) is 32.0 Å². The third-order valence-corrected chi connectivity index (χ3v) is 5.15. The minimum Gasteiger partial charge on any atom is -0.480 e. The molecule has 0 aliphatic carbocycles. The normalized spacial score (nSPS) is 14.5. The molecule has 2 aromatic heterocycles. The van der Waals surface area contributed by atoms with Crippen LogP contribution in [0.4, 0.5) is 0 Å². The third-order valence-electron chi connectivity index (χ3n) is 5.15. The number of carboxylic acids is 1. The molecule has 8 N–H and O–H groups in total. The first-order valence-corrected chi connectivity index (χ1v) is 10.5. The summed E-state index contributed by atoms with van der Waals surface area (Å²) < 4.78 is 0. The number of carbonyl (C=O) groups excluding carboxylic acids is 3. The van der Waals surface area contributed by atoms with Crippen LogP contribution in [0.5, 0.6) is 0 Å². The number of hydrogen-bond donors (Lipinski definition) is 7. The van der Waals surface area contributed by atoms with E-state index in [1.54, 1.807) is 13.1 Å². The van der Waals surface area contributed by atoms with Crippen molar-refractivity contribution in [3.8, 4) is 0 Å². The van der Waals surface area contributed by atoms with Crippen molar-refractivity contribution in [3.63, 3.8) is 0 Å². The van der Waals surface area contributed by atoms with Crippen molar-refractivity contribution >= 4 is 23.7 Å². The summed E-state index contributed by atoms with van der Waals surface area (Å²) in [6.45, 7) is 3.06. The van der Waals surface area contributed by atoms with Gasteiger partial charge in [-0.15, -0.1) is 0 Å². The Morgan fingerprint density at radius 1 is 1.00 bits per heavy atom. The lowest BCUT2D eigenvalue weighted by Gasteiger charge is -2.27. The number of nitrogens with zero attached hydrogens (tertiary/aromatic N) is 2. The van der Waals surface area contributed by atoms with E-state index in [1.807, 2.05) is 6.92 Å². The first-order chi connectivity index (χ1) is 15.7. The number of carboxylic acid groups (broad SMARTS) is 1. The molecule has 2 heterocycles. The minimum atomic E-state index is -1.22. The minimum absolute atomic E-state index is 0.0533. The zero-order chi connectivity index (χ0) is 24.4. The lowest BCUT2D eigenvalue weighted by atomic mass is 9.97. The summed E-state index contributed by atoms with van der Waals surface area (Å²) in [6.07, 6.45) is 6.79. The molecule has 0 aliphatic heterocycles. The summed E-state index contributed by atoms with van der Waals surface area (Å²) in [4.78, 5) is 62.6. The van der Waals surface area contributed by atoms with E-state index in [0.29, 0.717) is 17.8 Å². The van der Waals surface area contributed by atoms with Gasteiger partial charge >= 0.3 is 5.97 Å².